The summed E-state index contributed by atoms with van der Waals surface area (Å²) < 4.78 is 18.4. The lowest BCUT2D eigenvalue weighted by molar-refractivity contribution is -0.143. The van der Waals surface area contributed by atoms with Gasteiger partial charge in [-0.1, -0.05) is 96.5 Å². The van der Waals surface area contributed by atoms with E-state index in [1.807, 2.05) is 107 Å². The molecule has 0 bridgehead atoms. The second-order valence-corrected chi connectivity index (χ2v) is 18.9. The van der Waals surface area contributed by atoms with E-state index < -0.39 is 17.1 Å². The van der Waals surface area contributed by atoms with E-state index in [4.69, 9.17) is 25.8 Å². The number of nitrogens with zero attached hydrogens (tertiary/aromatic N) is 3. The molecule has 2 fully saturated rings. The lowest BCUT2D eigenvalue weighted by Crippen LogP contribution is -2.57. The Hall–Kier alpha value is -5.38. The molecule has 5 aromatic carbocycles. The summed E-state index contributed by atoms with van der Waals surface area (Å²) in [5.41, 5.74) is 3.30. The van der Waals surface area contributed by atoms with E-state index in [0.717, 1.165) is 29.4 Å². The first-order valence-corrected chi connectivity index (χ1v) is 21.4. The molecule has 3 aliphatic heterocycles. The Morgan fingerprint density at radius 3 is 2.03 bits per heavy atom. The molecule has 3 aliphatic rings. The van der Waals surface area contributed by atoms with Crippen LogP contribution in [0.25, 0.3) is 21.9 Å². The van der Waals surface area contributed by atoms with E-state index in [1.165, 1.54) is 11.1 Å². The number of piperidine rings is 1. The van der Waals surface area contributed by atoms with Crippen LogP contribution in [0.15, 0.2) is 109 Å². The van der Waals surface area contributed by atoms with Gasteiger partial charge in [0.2, 0.25) is 0 Å². The summed E-state index contributed by atoms with van der Waals surface area (Å²) in [6.45, 7) is 14.1. The molecule has 9 nitrogen and oxygen atoms in total. The zero-order valence-corrected chi connectivity index (χ0v) is 36.1. The highest BCUT2D eigenvalue weighted by molar-refractivity contribution is 6.34. The molecule has 2 amide bonds. The van der Waals surface area contributed by atoms with Crippen molar-refractivity contribution in [2.75, 3.05) is 37.6 Å². The number of anilines is 1. The van der Waals surface area contributed by atoms with Crippen LogP contribution in [0.1, 0.15) is 71.6 Å². The van der Waals surface area contributed by atoms with Crippen molar-refractivity contribution in [1.82, 2.24) is 9.80 Å². The van der Waals surface area contributed by atoms with Crippen molar-refractivity contribution in [2.45, 2.75) is 72.1 Å². The highest BCUT2D eigenvalue weighted by Crippen LogP contribution is 2.47. The molecular weight excluding hydrogens is 774 g/mol. The highest BCUT2D eigenvalue weighted by Gasteiger charge is 2.44. The van der Waals surface area contributed by atoms with Gasteiger partial charge in [-0.05, 0) is 106 Å². The van der Waals surface area contributed by atoms with Gasteiger partial charge in [-0.3, -0.25) is 14.5 Å². The number of hydrogen-bond acceptors (Lipinski definition) is 7. The van der Waals surface area contributed by atoms with Gasteiger partial charge >= 0.3 is 12.1 Å². The third-order valence-corrected chi connectivity index (χ3v) is 12.0. The maximum atomic E-state index is 14.8. The molecule has 0 radical (unpaired) electrons. The van der Waals surface area contributed by atoms with Crippen molar-refractivity contribution in [1.29, 1.82) is 0 Å². The zero-order chi connectivity index (χ0) is 42.3. The molecular formula is C50H54ClN3O6. The Labute approximate surface area is 358 Å². The minimum Gasteiger partial charge on any atom is -0.478 e. The second kappa shape index (κ2) is 16.6. The van der Waals surface area contributed by atoms with Gasteiger partial charge in [0, 0.05) is 50.1 Å². The number of hydrogen-bond donors (Lipinski definition) is 0. The molecule has 8 rings (SSSR count). The molecule has 1 unspecified atom stereocenters. The van der Waals surface area contributed by atoms with Crippen LogP contribution in [0.2, 0.25) is 5.02 Å². The third kappa shape index (κ3) is 8.75. The molecule has 60 heavy (non-hydrogen) atoms. The van der Waals surface area contributed by atoms with Crippen molar-refractivity contribution in [3.05, 3.63) is 125 Å². The number of ether oxygens (including phenoxy) is 3. The fourth-order valence-corrected chi connectivity index (χ4v) is 8.88. The number of esters is 1. The van der Waals surface area contributed by atoms with Crippen molar-refractivity contribution in [3.8, 4) is 22.6 Å². The molecule has 0 spiro atoms. The molecule has 0 N–H and O–H groups in total. The van der Waals surface area contributed by atoms with E-state index in [2.05, 4.69) is 53.4 Å². The first kappa shape index (κ1) is 41.4. The lowest BCUT2D eigenvalue weighted by atomic mass is 9.87. The van der Waals surface area contributed by atoms with Gasteiger partial charge in [0.05, 0.1) is 22.2 Å². The number of amides is 2. The highest BCUT2D eigenvalue weighted by atomic mass is 35.5. The largest absolute Gasteiger partial charge is 0.478 e. The zero-order valence-electron chi connectivity index (χ0n) is 35.3. The number of halogens is 1. The van der Waals surface area contributed by atoms with Gasteiger partial charge in [-0.25, -0.2) is 4.79 Å². The summed E-state index contributed by atoms with van der Waals surface area (Å²) >= 11 is 7.24. The fraction of sp³-hybridized carbons (Fsp3) is 0.380. The summed E-state index contributed by atoms with van der Waals surface area (Å²) in [5, 5.41) is 2.28. The number of rotatable bonds is 8. The second-order valence-electron chi connectivity index (χ2n) is 18.5. The molecule has 312 valence electrons. The van der Waals surface area contributed by atoms with Gasteiger partial charge in [0.25, 0.3) is 5.91 Å². The molecule has 3 heterocycles. The van der Waals surface area contributed by atoms with Gasteiger partial charge in [-0.15, -0.1) is 0 Å². The lowest BCUT2D eigenvalue weighted by Gasteiger charge is -2.48. The minimum absolute atomic E-state index is 0.0929. The van der Waals surface area contributed by atoms with E-state index in [1.54, 1.807) is 4.90 Å². The Bertz CT molecular complexity index is 2340. The van der Waals surface area contributed by atoms with E-state index >= 15 is 0 Å². The molecule has 1 atom stereocenters. The standard InChI is InChI=1S/C50H54ClN3O6/c1-49(2,3)47(56)58-37-25-36-19-13-14-20-38(36)39(26-37)40-27-43-42(28-41(40)51)54(46(55)45(59-43)35-21-23-52(24-22-35)48(57)60-50(4,5)6)31-32-29-53(30-32)44(33-15-9-7-10-16-33)34-17-11-8-12-18-34/h7-20,25-28,32,35,44-45H,21-24,29-31H2,1-6H3. The van der Waals surface area contributed by atoms with Crippen LogP contribution in [0.4, 0.5) is 10.5 Å². The summed E-state index contributed by atoms with van der Waals surface area (Å²) in [7, 11) is 0. The topological polar surface area (TPSA) is 88.6 Å². The first-order valence-electron chi connectivity index (χ1n) is 21.0. The predicted octanol–water partition coefficient (Wildman–Crippen LogP) is 10.6. The Kier molecular flexibility index (Phi) is 11.4. The van der Waals surface area contributed by atoms with Crippen LogP contribution in [0, 0.1) is 17.3 Å². The number of carbonyl (C=O) groups is 3. The number of fused-ring (bicyclic) bond motifs is 2. The summed E-state index contributed by atoms with van der Waals surface area (Å²) in [6.07, 6.45) is 0.0984. The molecule has 2 saturated heterocycles. The predicted molar refractivity (Wildman–Crippen MR) is 237 cm³/mol. The Morgan fingerprint density at radius 1 is 0.800 bits per heavy atom. The normalized spacial score (nSPS) is 17.9. The van der Waals surface area contributed by atoms with Crippen LogP contribution in [0.5, 0.6) is 11.5 Å². The van der Waals surface area contributed by atoms with E-state index in [9.17, 15) is 14.4 Å². The maximum absolute atomic E-state index is 14.8. The minimum atomic E-state index is -0.749. The molecule has 10 heteroatoms. The number of likely N-dealkylation sites (tertiary alicyclic amines) is 2. The number of carbonyl (C=O) groups excluding carboxylic acids is 3. The average Bonchev–Trinajstić information content (AvgIpc) is 3.20. The average molecular weight is 828 g/mol. The molecule has 0 aliphatic carbocycles. The van der Waals surface area contributed by atoms with Crippen molar-refractivity contribution in [3.63, 3.8) is 0 Å². The maximum Gasteiger partial charge on any atom is 0.410 e. The Morgan fingerprint density at radius 2 is 1.42 bits per heavy atom. The Balaban J connectivity index is 1.12. The fourth-order valence-electron chi connectivity index (χ4n) is 8.62. The van der Waals surface area contributed by atoms with Crippen molar-refractivity contribution in [2.24, 2.45) is 17.3 Å². The van der Waals surface area contributed by atoms with Crippen LogP contribution in [0.3, 0.4) is 0 Å². The van der Waals surface area contributed by atoms with Crippen molar-refractivity contribution < 1.29 is 28.6 Å². The quantitative estimate of drug-likeness (QED) is 0.114. The summed E-state index contributed by atoms with van der Waals surface area (Å²) in [6, 6.07) is 36.7. The van der Waals surface area contributed by atoms with Gasteiger partial charge < -0.3 is 24.0 Å². The SMILES string of the molecule is CC(C)(C)OC(=O)N1CCC(C2Oc3cc(-c4cc(OC(=O)C(C)(C)C)cc5ccccc45)c(Cl)cc3N(CC3CN(C(c4ccccc4)c4ccccc4)C3)C2=O)CC1. The summed E-state index contributed by atoms with van der Waals surface area (Å²) in [5.74, 6) is 0.642. The van der Waals surface area contributed by atoms with Crippen LogP contribution >= 0.6 is 11.6 Å². The molecule has 5 aromatic rings. The van der Waals surface area contributed by atoms with Crippen LogP contribution in [-0.4, -0.2) is 72.2 Å². The smallest absolute Gasteiger partial charge is 0.410 e. The van der Waals surface area contributed by atoms with E-state index in [-0.39, 0.29) is 35.8 Å². The van der Waals surface area contributed by atoms with Gasteiger partial charge in [0.15, 0.2) is 6.10 Å². The molecule has 0 saturated carbocycles. The van der Waals surface area contributed by atoms with Gasteiger partial charge in [-0.2, -0.15) is 0 Å². The van der Waals surface area contributed by atoms with Crippen molar-refractivity contribution >= 4 is 46.0 Å². The van der Waals surface area contributed by atoms with Crippen LogP contribution < -0.4 is 14.4 Å². The number of benzene rings is 5. The molecule has 0 aromatic heterocycles. The summed E-state index contributed by atoms with van der Waals surface area (Å²) in [4.78, 5) is 46.9. The monoisotopic (exact) mass is 827 g/mol. The van der Waals surface area contributed by atoms with E-state index in [0.29, 0.717) is 60.2 Å². The van der Waals surface area contributed by atoms with Crippen LogP contribution in [-0.2, 0) is 14.3 Å². The van der Waals surface area contributed by atoms with Gasteiger partial charge in [0.1, 0.15) is 17.1 Å². The first-order chi connectivity index (χ1) is 28.6. The third-order valence-electron chi connectivity index (χ3n) is 11.7.